The second-order valence-electron chi connectivity index (χ2n) is 5.11. The monoisotopic (exact) mass is 375 g/mol. The van der Waals surface area contributed by atoms with Gasteiger partial charge < -0.3 is 10.1 Å². The highest BCUT2D eigenvalue weighted by atomic mass is 32.1. The zero-order chi connectivity index (χ0) is 17.6. The molecule has 4 nitrogen and oxygen atoms in total. The van der Waals surface area contributed by atoms with Crippen molar-refractivity contribution in [2.24, 2.45) is 0 Å². The van der Waals surface area contributed by atoms with Crippen LogP contribution in [0, 0.1) is 5.82 Å². The van der Waals surface area contributed by atoms with Crippen LogP contribution in [0.25, 0.3) is 0 Å². The predicted octanol–water partition coefficient (Wildman–Crippen LogP) is 4.16. The second-order valence-corrected chi connectivity index (χ2v) is 7.09. The summed E-state index contributed by atoms with van der Waals surface area (Å²) in [4.78, 5) is 26.2. The number of carbonyl (C=O) groups is 2. The molecule has 7 heteroatoms. The van der Waals surface area contributed by atoms with Gasteiger partial charge in [-0.15, -0.1) is 22.7 Å². The van der Waals surface area contributed by atoms with Crippen molar-refractivity contribution in [1.82, 2.24) is 5.32 Å². The summed E-state index contributed by atoms with van der Waals surface area (Å²) in [6, 6.07) is 12.5. The number of carbonyl (C=O) groups excluding carboxylic acids is 2. The molecule has 0 radical (unpaired) electrons. The lowest BCUT2D eigenvalue weighted by Crippen LogP contribution is -2.31. The molecule has 1 atom stereocenters. The van der Waals surface area contributed by atoms with Crippen LogP contribution in [0.2, 0.25) is 0 Å². The summed E-state index contributed by atoms with van der Waals surface area (Å²) in [7, 11) is 0. The zero-order valence-corrected chi connectivity index (χ0v) is 14.6. The lowest BCUT2D eigenvalue weighted by atomic mass is 10.1. The normalized spacial score (nSPS) is 11.7. The van der Waals surface area contributed by atoms with E-state index in [1.165, 1.54) is 46.9 Å². The molecule has 0 aliphatic carbocycles. The minimum absolute atomic E-state index is 0.338. The first-order valence-electron chi connectivity index (χ1n) is 7.43. The minimum Gasteiger partial charge on any atom is -0.443 e. The number of ether oxygens (including phenoxy) is 1. The Morgan fingerprint density at radius 3 is 2.40 bits per heavy atom. The summed E-state index contributed by atoms with van der Waals surface area (Å²) < 4.78 is 18.6. The Morgan fingerprint density at radius 2 is 1.76 bits per heavy atom. The quantitative estimate of drug-likeness (QED) is 0.658. The molecule has 2 aromatic heterocycles. The average Bonchev–Trinajstić information content (AvgIpc) is 3.31. The van der Waals surface area contributed by atoms with Gasteiger partial charge in [-0.05, 0) is 35.0 Å². The SMILES string of the molecule is O=C(O[C@@H](C(=O)NCc1cccs1)c1ccc(F)cc1)c1cccs1. The Labute approximate surface area is 151 Å². The number of amides is 1. The summed E-state index contributed by atoms with van der Waals surface area (Å²) in [5, 5.41) is 6.42. The third-order valence-electron chi connectivity index (χ3n) is 3.38. The maximum Gasteiger partial charge on any atom is 0.349 e. The van der Waals surface area contributed by atoms with Crippen LogP contribution in [0.5, 0.6) is 0 Å². The molecule has 25 heavy (non-hydrogen) atoms. The van der Waals surface area contributed by atoms with Crippen LogP contribution in [0.4, 0.5) is 4.39 Å². The maximum atomic E-state index is 13.2. The molecule has 0 spiro atoms. The van der Waals surface area contributed by atoms with E-state index >= 15 is 0 Å². The Balaban J connectivity index is 1.76. The third kappa shape index (κ3) is 4.52. The topological polar surface area (TPSA) is 55.4 Å². The smallest absolute Gasteiger partial charge is 0.349 e. The fraction of sp³-hybridized carbons (Fsp3) is 0.111. The van der Waals surface area contributed by atoms with Crippen LogP contribution in [0.3, 0.4) is 0 Å². The largest absolute Gasteiger partial charge is 0.443 e. The van der Waals surface area contributed by atoms with Crippen molar-refractivity contribution in [2.45, 2.75) is 12.6 Å². The molecule has 1 aromatic carbocycles. The summed E-state index contributed by atoms with van der Waals surface area (Å²) in [6.45, 7) is 0.338. The molecule has 1 amide bonds. The van der Waals surface area contributed by atoms with Gasteiger partial charge in [0.25, 0.3) is 5.91 Å². The van der Waals surface area contributed by atoms with Gasteiger partial charge in [-0.25, -0.2) is 9.18 Å². The molecule has 0 bridgehead atoms. The lowest BCUT2D eigenvalue weighted by Gasteiger charge is -2.17. The van der Waals surface area contributed by atoms with Gasteiger partial charge in [-0.1, -0.05) is 24.3 Å². The molecule has 0 saturated carbocycles. The number of halogens is 1. The van der Waals surface area contributed by atoms with E-state index < -0.39 is 23.8 Å². The van der Waals surface area contributed by atoms with Gasteiger partial charge in [0.1, 0.15) is 10.7 Å². The Kier molecular flexibility index (Phi) is 5.57. The Morgan fingerprint density at radius 1 is 1.04 bits per heavy atom. The number of nitrogens with one attached hydrogen (secondary N) is 1. The van der Waals surface area contributed by atoms with E-state index in [1.807, 2.05) is 17.5 Å². The molecule has 0 aliphatic heterocycles. The van der Waals surface area contributed by atoms with Crippen molar-refractivity contribution in [1.29, 1.82) is 0 Å². The first-order valence-corrected chi connectivity index (χ1v) is 9.19. The fourth-order valence-corrected chi connectivity index (χ4v) is 3.40. The van der Waals surface area contributed by atoms with E-state index in [0.29, 0.717) is 17.0 Å². The van der Waals surface area contributed by atoms with Gasteiger partial charge in [-0.2, -0.15) is 0 Å². The molecular weight excluding hydrogens is 361 g/mol. The molecule has 0 saturated heterocycles. The number of thiophene rings is 2. The fourth-order valence-electron chi connectivity index (χ4n) is 2.15. The Hall–Kier alpha value is -2.51. The zero-order valence-electron chi connectivity index (χ0n) is 13.0. The van der Waals surface area contributed by atoms with Crippen molar-refractivity contribution in [3.05, 3.63) is 80.4 Å². The molecule has 0 unspecified atom stereocenters. The van der Waals surface area contributed by atoms with Crippen molar-refractivity contribution in [3.63, 3.8) is 0 Å². The summed E-state index contributed by atoms with van der Waals surface area (Å²) in [6.07, 6.45) is -1.14. The van der Waals surface area contributed by atoms with E-state index in [4.69, 9.17) is 4.74 Å². The van der Waals surface area contributed by atoms with Gasteiger partial charge in [0.15, 0.2) is 0 Å². The predicted molar refractivity (Wildman–Crippen MR) is 95.0 cm³/mol. The van der Waals surface area contributed by atoms with Gasteiger partial charge in [0.2, 0.25) is 6.10 Å². The van der Waals surface area contributed by atoms with Crippen molar-refractivity contribution < 1.29 is 18.7 Å². The molecule has 128 valence electrons. The lowest BCUT2D eigenvalue weighted by molar-refractivity contribution is -0.130. The van der Waals surface area contributed by atoms with Gasteiger partial charge >= 0.3 is 5.97 Å². The van der Waals surface area contributed by atoms with Crippen molar-refractivity contribution >= 4 is 34.6 Å². The van der Waals surface area contributed by atoms with E-state index in [0.717, 1.165) is 4.88 Å². The number of hydrogen-bond acceptors (Lipinski definition) is 5. The molecule has 0 aliphatic rings. The number of esters is 1. The molecule has 2 heterocycles. The van der Waals surface area contributed by atoms with Gasteiger partial charge in [0.05, 0.1) is 6.54 Å². The van der Waals surface area contributed by atoms with Gasteiger partial charge in [0, 0.05) is 10.4 Å². The number of benzene rings is 1. The van der Waals surface area contributed by atoms with Crippen LogP contribution in [-0.4, -0.2) is 11.9 Å². The minimum atomic E-state index is -1.14. The second kappa shape index (κ2) is 8.04. The van der Waals surface area contributed by atoms with Gasteiger partial charge in [-0.3, -0.25) is 4.79 Å². The van der Waals surface area contributed by atoms with E-state index in [1.54, 1.807) is 17.5 Å². The standard InChI is InChI=1S/C18H14FNO3S2/c19-13-7-5-12(6-8-13)16(23-18(22)15-4-2-10-25-15)17(21)20-11-14-3-1-9-24-14/h1-10,16H,11H2,(H,20,21)/t16-/m1/s1. The third-order valence-corrected chi connectivity index (χ3v) is 5.10. The molecule has 3 aromatic rings. The highest BCUT2D eigenvalue weighted by Gasteiger charge is 2.26. The maximum absolute atomic E-state index is 13.2. The van der Waals surface area contributed by atoms with E-state index in [9.17, 15) is 14.0 Å². The Bertz CT molecular complexity index is 830. The number of rotatable bonds is 6. The molecule has 0 fully saturated rings. The van der Waals surface area contributed by atoms with Crippen LogP contribution in [0.15, 0.2) is 59.3 Å². The molecular formula is C18H14FNO3S2. The van der Waals surface area contributed by atoms with Crippen molar-refractivity contribution in [3.8, 4) is 0 Å². The van der Waals surface area contributed by atoms with E-state index in [-0.39, 0.29) is 0 Å². The average molecular weight is 375 g/mol. The summed E-state index contributed by atoms with van der Waals surface area (Å²) in [5.74, 6) is -1.47. The highest BCUT2D eigenvalue weighted by molar-refractivity contribution is 7.12. The first kappa shape index (κ1) is 17.3. The van der Waals surface area contributed by atoms with E-state index in [2.05, 4.69) is 5.32 Å². The summed E-state index contributed by atoms with van der Waals surface area (Å²) >= 11 is 2.75. The van der Waals surface area contributed by atoms with Crippen molar-refractivity contribution in [2.75, 3.05) is 0 Å². The number of hydrogen-bond donors (Lipinski definition) is 1. The first-order chi connectivity index (χ1) is 12.1. The molecule has 1 N–H and O–H groups in total. The van der Waals surface area contributed by atoms with Crippen LogP contribution < -0.4 is 5.32 Å². The van der Waals surface area contributed by atoms with Crippen LogP contribution in [0.1, 0.15) is 26.2 Å². The van der Waals surface area contributed by atoms with Crippen LogP contribution >= 0.6 is 22.7 Å². The molecule has 3 rings (SSSR count). The summed E-state index contributed by atoms with van der Waals surface area (Å²) in [5.41, 5.74) is 0.412. The van der Waals surface area contributed by atoms with Crippen LogP contribution in [-0.2, 0) is 16.1 Å². The highest BCUT2D eigenvalue weighted by Crippen LogP contribution is 2.22.